The van der Waals surface area contributed by atoms with Crippen LogP contribution in [0.3, 0.4) is 0 Å². The molecule has 2 heterocycles. The molecule has 14 nitrogen and oxygen atoms in total. The minimum Gasteiger partial charge on any atom is -0.443 e. The number of anilines is 1. The molecule has 0 radical (unpaired) electrons. The van der Waals surface area contributed by atoms with E-state index in [0.29, 0.717) is 11.3 Å². The highest BCUT2D eigenvalue weighted by molar-refractivity contribution is 6.13. The smallest absolute Gasteiger partial charge is 0.425 e. The van der Waals surface area contributed by atoms with Gasteiger partial charge in [0.15, 0.2) is 11.5 Å². The SMILES string of the molecule is CCC(CO)Cn1c(=O)n(C(=O)OC(C)(C)C)c(=O)c2c(N(C(=O)OC(C)(C)C)C(=O)OC(C)(C)C)ncnc21. The molecule has 0 aliphatic rings. The van der Waals surface area contributed by atoms with Crippen LogP contribution in [-0.4, -0.2) is 65.9 Å². The number of carbonyl (C=O) groups excluding carboxylic acids is 3. The van der Waals surface area contributed by atoms with Crippen molar-refractivity contribution < 1.29 is 33.7 Å². The number of aliphatic hydroxyl groups excluding tert-OH is 1. The monoisotopic (exact) mass is 565 g/mol. The lowest BCUT2D eigenvalue weighted by Crippen LogP contribution is -2.48. The van der Waals surface area contributed by atoms with Crippen molar-refractivity contribution in [2.24, 2.45) is 5.92 Å². The molecule has 1 unspecified atom stereocenters. The van der Waals surface area contributed by atoms with Gasteiger partial charge in [-0.2, -0.15) is 9.47 Å². The van der Waals surface area contributed by atoms with E-state index in [1.165, 1.54) is 0 Å². The summed E-state index contributed by atoms with van der Waals surface area (Å²) in [5, 5.41) is 9.29. The van der Waals surface area contributed by atoms with Gasteiger partial charge >= 0.3 is 24.0 Å². The van der Waals surface area contributed by atoms with E-state index in [1.807, 2.05) is 0 Å². The number of amides is 2. The van der Waals surface area contributed by atoms with Crippen LogP contribution in [0.15, 0.2) is 15.9 Å². The second kappa shape index (κ2) is 11.7. The predicted molar refractivity (Wildman–Crippen MR) is 146 cm³/mol. The first-order valence-electron chi connectivity index (χ1n) is 12.8. The summed E-state index contributed by atoms with van der Waals surface area (Å²) in [6, 6.07) is 0. The van der Waals surface area contributed by atoms with Crippen molar-refractivity contribution in [2.75, 3.05) is 11.5 Å². The van der Waals surface area contributed by atoms with Crippen LogP contribution in [0.1, 0.15) is 75.7 Å². The number of nitrogens with zero attached hydrogens (tertiary/aromatic N) is 5. The fourth-order valence-corrected chi connectivity index (χ4v) is 3.41. The minimum absolute atomic E-state index is 0.152. The topological polar surface area (TPSA) is 172 Å². The van der Waals surface area contributed by atoms with E-state index < -0.39 is 63.5 Å². The fraction of sp³-hybridized carbons (Fsp3) is 0.654. The van der Waals surface area contributed by atoms with E-state index in [2.05, 4.69) is 9.97 Å². The molecule has 0 bridgehead atoms. The van der Waals surface area contributed by atoms with Gasteiger partial charge in [-0.15, -0.1) is 0 Å². The summed E-state index contributed by atoms with van der Waals surface area (Å²) in [4.78, 5) is 75.5. The van der Waals surface area contributed by atoms with E-state index in [4.69, 9.17) is 14.2 Å². The van der Waals surface area contributed by atoms with Crippen LogP contribution in [0.25, 0.3) is 11.0 Å². The molecule has 0 saturated heterocycles. The largest absolute Gasteiger partial charge is 0.443 e. The average molecular weight is 566 g/mol. The van der Waals surface area contributed by atoms with Crippen LogP contribution >= 0.6 is 0 Å². The Balaban J connectivity index is 3.05. The molecule has 0 aliphatic heterocycles. The summed E-state index contributed by atoms with van der Waals surface area (Å²) >= 11 is 0. The third-order valence-corrected chi connectivity index (χ3v) is 5.12. The second-order valence-corrected chi connectivity index (χ2v) is 12.2. The Bertz CT molecular complexity index is 1360. The van der Waals surface area contributed by atoms with Crippen molar-refractivity contribution in [3.05, 3.63) is 27.2 Å². The van der Waals surface area contributed by atoms with Crippen LogP contribution in [0.4, 0.5) is 20.2 Å². The van der Waals surface area contributed by atoms with Crippen molar-refractivity contribution in [2.45, 2.75) is 99.0 Å². The fourth-order valence-electron chi connectivity index (χ4n) is 3.41. The van der Waals surface area contributed by atoms with Crippen molar-refractivity contribution in [1.82, 2.24) is 19.1 Å². The molecule has 2 aromatic heterocycles. The molecule has 0 fully saturated rings. The second-order valence-electron chi connectivity index (χ2n) is 12.2. The zero-order valence-corrected chi connectivity index (χ0v) is 24.7. The summed E-state index contributed by atoms with van der Waals surface area (Å²) in [7, 11) is 0. The molecule has 40 heavy (non-hydrogen) atoms. The Hall–Kier alpha value is -3.81. The molecule has 2 amide bonds. The number of aromatic nitrogens is 4. The zero-order valence-electron chi connectivity index (χ0n) is 24.7. The molecule has 0 spiro atoms. The molecule has 1 atom stereocenters. The standard InChI is InChI=1S/C26H39N5O9/c1-11-15(13-32)12-29-17-16(19(33)31(20(29)34)23(37)40-26(8,9)10)18(28-14-27-17)30(21(35)38-24(2,3)4)22(36)39-25(5,6)7/h14-15,32H,11-13H2,1-10H3. The van der Waals surface area contributed by atoms with Crippen LogP contribution in [-0.2, 0) is 20.8 Å². The molecule has 1 N–H and O–H groups in total. The van der Waals surface area contributed by atoms with Gasteiger partial charge in [0.1, 0.15) is 28.5 Å². The molecule has 2 aromatic rings. The van der Waals surface area contributed by atoms with Crippen LogP contribution in [0.5, 0.6) is 0 Å². The number of ether oxygens (including phenoxy) is 3. The van der Waals surface area contributed by atoms with Gasteiger partial charge in [-0.1, -0.05) is 6.92 Å². The number of hydrogen-bond acceptors (Lipinski definition) is 11. The summed E-state index contributed by atoms with van der Waals surface area (Å²) in [5.74, 6) is -1.03. The van der Waals surface area contributed by atoms with E-state index in [0.717, 1.165) is 10.9 Å². The highest BCUT2D eigenvalue weighted by atomic mass is 16.6. The van der Waals surface area contributed by atoms with Gasteiger partial charge in [0.2, 0.25) is 0 Å². The number of aliphatic hydroxyl groups is 1. The number of rotatable bonds is 5. The molecular formula is C26H39N5O9. The highest BCUT2D eigenvalue weighted by Crippen LogP contribution is 2.25. The van der Waals surface area contributed by atoms with Gasteiger partial charge in [0.25, 0.3) is 5.56 Å². The Morgan fingerprint density at radius 3 is 1.82 bits per heavy atom. The van der Waals surface area contributed by atoms with Gasteiger partial charge in [-0.25, -0.2) is 29.1 Å². The summed E-state index contributed by atoms with van der Waals surface area (Å²) < 4.78 is 17.3. The maximum atomic E-state index is 13.8. The average Bonchev–Trinajstić information content (AvgIpc) is 2.75. The first-order chi connectivity index (χ1) is 18.2. The maximum absolute atomic E-state index is 13.8. The van der Waals surface area contributed by atoms with E-state index in [9.17, 15) is 29.1 Å². The quantitative estimate of drug-likeness (QED) is 0.526. The molecule has 0 saturated carbocycles. The molecule has 222 valence electrons. The lowest BCUT2D eigenvalue weighted by molar-refractivity contribution is 0.0427. The molecular weight excluding hydrogens is 526 g/mol. The van der Waals surface area contributed by atoms with Crippen molar-refractivity contribution >= 4 is 35.1 Å². The van der Waals surface area contributed by atoms with Crippen LogP contribution in [0, 0.1) is 5.92 Å². The third kappa shape index (κ3) is 7.87. The summed E-state index contributed by atoms with van der Waals surface area (Å²) in [5.41, 5.74) is -5.78. The lowest BCUT2D eigenvalue weighted by atomic mass is 10.1. The lowest BCUT2D eigenvalue weighted by Gasteiger charge is -2.28. The van der Waals surface area contributed by atoms with Crippen molar-refractivity contribution in [1.29, 1.82) is 0 Å². The molecule has 0 aliphatic carbocycles. The number of imide groups is 1. The van der Waals surface area contributed by atoms with E-state index in [1.54, 1.807) is 69.2 Å². The van der Waals surface area contributed by atoms with Gasteiger partial charge in [0, 0.05) is 13.2 Å². The predicted octanol–water partition coefficient (Wildman–Crippen LogP) is 3.43. The summed E-state index contributed by atoms with van der Waals surface area (Å²) in [6.07, 6.45) is -2.33. The van der Waals surface area contributed by atoms with Crippen LogP contribution in [0.2, 0.25) is 0 Å². The third-order valence-electron chi connectivity index (χ3n) is 5.12. The van der Waals surface area contributed by atoms with Crippen molar-refractivity contribution in [3.8, 4) is 0 Å². The maximum Gasteiger partial charge on any atom is 0.425 e. The number of hydrogen-bond donors (Lipinski definition) is 1. The van der Waals surface area contributed by atoms with E-state index in [-0.39, 0.29) is 23.4 Å². The highest BCUT2D eigenvalue weighted by Gasteiger charge is 2.37. The Morgan fingerprint density at radius 1 is 0.900 bits per heavy atom. The normalized spacial score (nSPS) is 13.1. The number of carbonyl (C=O) groups is 3. The zero-order chi connectivity index (χ0) is 30.8. The van der Waals surface area contributed by atoms with Crippen LogP contribution < -0.4 is 16.1 Å². The van der Waals surface area contributed by atoms with E-state index >= 15 is 0 Å². The Morgan fingerprint density at radius 2 is 1.40 bits per heavy atom. The van der Waals surface area contributed by atoms with Gasteiger partial charge in [-0.3, -0.25) is 9.36 Å². The Labute approximate surface area is 231 Å². The summed E-state index contributed by atoms with van der Waals surface area (Å²) in [6.45, 7) is 15.4. The first kappa shape index (κ1) is 32.4. The number of fused-ring (bicyclic) bond motifs is 1. The van der Waals surface area contributed by atoms with Crippen molar-refractivity contribution in [3.63, 3.8) is 0 Å². The van der Waals surface area contributed by atoms with Gasteiger partial charge in [-0.05, 0) is 74.7 Å². The molecule has 2 rings (SSSR count). The van der Waals surface area contributed by atoms with Gasteiger partial charge < -0.3 is 19.3 Å². The molecule has 14 heteroatoms. The molecule has 0 aromatic carbocycles. The van der Waals surface area contributed by atoms with Gasteiger partial charge in [0.05, 0.1) is 0 Å². The Kier molecular flexibility index (Phi) is 9.51. The minimum atomic E-state index is -1.29. The first-order valence-corrected chi connectivity index (χ1v) is 12.8.